The lowest BCUT2D eigenvalue weighted by molar-refractivity contribution is -0.135. The zero-order chi connectivity index (χ0) is 19.9. The van der Waals surface area contributed by atoms with E-state index < -0.39 is 0 Å². The number of carbonyl (C=O) groups excluding carboxylic acids is 1. The van der Waals surface area contributed by atoms with Gasteiger partial charge in [-0.2, -0.15) is 9.61 Å². The van der Waals surface area contributed by atoms with Gasteiger partial charge in [-0.05, 0) is 50.9 Å². The summed E-state index contributed by atoms with van der Waals surface area (Å²) in [5, 5.41) is 13.7. The molecule has 2 aliphatic rings. The summed E-state index contributed by atoms with van der Waals surface area (Å²) in [5.74, 6) is 1.67. The van der Waals surface area contributed by atoms with Gasteiger partial charge in [-0.25, -0.2) is 0 Å². The third-order valence-electron chi connectivity index (χ3n) is 6.35. The Morgan fingerprint density at radius 3 is 2.57 bits per heavy atom. The van der Waals surface area contributed by atoms with Crippen LogP contribution < -0.4 is 0 Å². The molecular formula is C21H32N6O. The average molecular weight is 385 g/mol. The molecule has 2 saturated heterocycles. The molecule has 1 unspecified atom stereocenters. The molecule has 4 heterocycles. The highest BCUT2D eigenvalue weighted by Crippen LogP contribution is 2.29. The molecule has 1 atom stereocenters. The smallest absolute Gasteiger partial charge is 0.222 e. The lowest BCUT2D eigenvalue weighted by atomic mass is 9.92. The summed E-state index contributed by atoms with van der Waals surface area (Å²) in [4.78, 5) is 16.4. The van der Waals surface area contributed by atoms with Crippen LogP contribution in [0.25, 0.3) is 5.65 Å². The summed E-state index contributed by atoms with van der Waals surface area (Å²) >= 11 is 0. The van der Waals surface area contributed by atoms with Crippen LogP contribution in [0.5, 0.6) is 0 Å². The second-order valence-corrected chi connectivity index (χ2v) is 9.42. The van der Waals surface area contributed by atoms with E-state index in [1.165, 1.54) is 0 Å². The summed E-state index contributed by atoms with van der Waals surface area (Å²) in [6.07, 6.45) is 4.98. The van der Waals surface area contributed by atoms with Gasteiger partial charge in [0.2, 0.25) is 5.91 Å². The van der Waals surface area contributed by atoms with Crippen molar-refractivity contribution in [3.63, 3.8) is 0 Å². The average Bonchev–Trinajstić information content (AvgIpc) is 3.09. The Bertz CT molecular complexity index is 846. The van der Waals surface area contributed by atoms with E-state index in [-0.39, 0.29) is 5.41 Å². The highest BCUT2D eigenvalue weighted by Gasteiger charge is 2.30. The molecule has 0 radical (unpaired) electrons. The van der Waals surface area contributed by atoms with Crippen LogP contribution in [-0.2, 0) is 10.2 Å². The normalized spacial score (nSPS) is 22.9. The standard InChI is InChI=1S/C21H32N6O/c1-21(2,3)17-8-9-18-22-23-20(27(18)24-17)15-10-12-26(13-11-15)14-16-6-5-7-19(28)25(16)4/h8-9,15-16H,5-7,10-14H2,1-4H3. The van der Waals surface area contributed by atoms with Crippen molar-refractivity contribution in [2.75, 3.05) is 26.7 Å². The first-order valence-corrected chi connectivity index (χ1v) is 10.5. The number of likely N-dealkylation sites (tertiary alicyclic amines) is 2. The Morgan fingerprint density at radius 1 is 1.11 bits per heavy atom. The van der Waals surface area contributed by atoms with Crippen molar-refractivity contribution in [1.82, 2.24) is 29.6 Å². The van der Waals surface area contributed by atoms with Crippen LogP contribution in [0.3, 0.4) is 0 Å². The van der Waals surface area contributed by atoms with Crippen LogP contribution in [0.2, 0.25) is 0 Å². The first kappa shape index (κ1) is 19.3. The quantitative estimate of drug-likeness (QED) is 0.814. The molecule has 2 fully saturated rings. The van der Waals surface area contributed by atoms with Crippen molar-refractivity contribution in [3.8, 4) is 0 Å². The predicted molar refractivity (Wildman–Crippen MR) is 108 cm³/mol. The number of likely N-dealkylation sites (N-methyl/N-ethyl adjacent to an activating group) is 1. The largest absolute Gasteiger partial charge is 0.341 e. The number of hydrogen-bond acceptors (Lipinski definition) is 5. The molecule has 28 heavy (non-hydrogen) atoms. The van der Waals surface area contributed by atoms with Gasteiger partial charge < -0.3 is 9.80 Å². The molecule has 4 rings (SSSR count). The molecule has 2 aliphatic heterocycles. The zero-order valence-electron chi connectivity index (χ0n) is 17.6. The van der Waals surface area contributed by atoms with Gasteiger partial charge in [0.05, 0.1) is 5.69 Å². The molecular weight excluding hydrogens is 352 g/mol. The Balaban J connectivity index is 1.43. The molecule has 0 spiro atoms. The van der Waals surface area contributed by atoms with Gasteiger partial charge >= 0.3 is 0 Å². The minimum absolute atomic E-state index is 0.00253. The third-order valence-corrected chi connectivity index (χ3v) is 6.35. The number of carbonyl (C=O) groups is 1. The van der Waals surface area contributed by atoms with Gasteiger partial charge in [-0.15, -0.1) is 10.2 Å². The molecule has 2 aromatic heterocycles. The number of aromatic nitrogens is 4. The van der Waals surface area contributed by atoms with E-state index in [0.717, 1.165) is 62.5 Å². The highest BCUT2D eigenvalue weighted by atomic mass is 16.2. The Kier molecular flexibility index (Phi) is 5.12. The summed E-state index contributed by atoms with van der Waals surface area (Å²) in [7, 11) is 1.96. The maximum atomic E-state index is 12.0. The van der Waals surface area contributed by atoms with Gasteiger partial charge in [-0.3, -0.25) is 4.79 Å². The summed E-state index contributed by atoms with van der Waals surface area (Å²) in [6.45, 7) is 9.60. The molecule has 7 heteroatoms. The van der Waals surface area contributed by atoms with Crippen LogP contribution in [0, 0.1) is 0 Å². The van der Waals surface area contributed by atoms with Crippen LogP contribution >= 0.6 is 0 Å². The fourth-order valence-corrected chi connectivity index (χ4v) is 4.41. The SMILES string of the molecule is CN1C(=O)CCCC1CN1CCC(c2nnc3ccc(C(C)(C)C)nn23)CC1. The molecule has 0 aliphatic carbocycles. The number of hydrogen-bond donors (Lipinski definition) is 0. The summed E-state index contributed by atoms with van der Waals surface area (Å²) in [6, 6.07) is 4.44. The van der Waals surface area contributed by atoms with Crippen molar-refractivity contribution >= 4 is 11.6 Å². The Labute approximate surface area is 167 Å². The fourth-order valence-electron chi connectivity index (χ4n) is 4.41. The maximum Gasteiger partial charge on any atom is 0.222 e. The Hall–Kier alpha value is -2.02. The molecule has 1 amide bonds. The van der Waals surface area contributed by atoms with Gasteiger partial charge in [0.15, 0.2) is 11.5 Å². The first-order chi connectivity index (χ1) is 13.3. The zero-order valence-corrected chi connectivity index (χ0v) is 17.6. The molecule has 7 nitrogen and oxygen atoms in total. The number of amides is 1. The number of piperidine rings is 2. The topological polar surface area (TPSA) is 66.6 Å². The molecule has 0 saturated carbocycles. The fraction of sp³-hybridized carbons (Fsp3) is 0.714. The van der Waals surface area contributed by atoms with Crippen molar-refractivity contribution in [2.45, 2.75) is 70.3 Å². The molecule has 152 valence electrons. The molecule has 0 N–H and O–H groups in total. The van der Waals surface area contributed by atoms with E-state index in [4.69, 9.17) is 5.10 Å². The minimum Gasteiger partial charge on any atom is -0.341 e. The molecule has 2 aromatic rings. The van der Waals surface area contributed by atoms with E-state index in [1.807, 2.05) is 22.5 Å². The van der Waals surface area contributed by atoms with Crippen molar-refractivity contribution in [3.05, 3.63) is 23.7 Å². The van der Waals surface area contributed by atoms with E-state index in [9.17, 15) is 4.79 Å². The van der Waals surface area contributed by atoms with E-state index in [2.05, 4.69) is 41.9 Å². The lowest BCUT2D eigenvalue weighted by Crippen LogP contribution is -2.48. The van der Waals surface area contributed by atoms with Crippen molar-refractivity contribution in [2.24, 2.45) is 0 Å². The van der Waals surface area contributed by atoms with Crippen LogP contribution in [0.4, 0.5) is 0 Å². The minimum atomic E-state index is 0.00253. The second kappa shape index (κ2) is 7.43. The number of fused-ring (bicyclic) bond motifs is 1. The number of rotatable bonds is 3. The van der Waals surface area contributed by atoms with Gasteiger partial charge in [0.1, 0.15) is 0 Å². The first-order valence-electron chi connectivity index (χ1n) is 10.5. The van der Waals surface area contributed by atoms with Gasteiger partial charge in [0.25, 0.3) is 0 Å². The number of nitrogens with zero attached hydrogens (tertiary/aromatic N) is 6. The Morgan fingerprint density at radius 2 is 1.86 bits per heavy atom. The van der Waals surface area contributed by atoms with Crippen LogP contribution in [0.1, 0.15) is 70.3 Å². The summed E-state index contributed by atoms with van der Waals surface area (Å²) < 4.78 is 1.95. The van der Waals surface area contributed by atoms with E-state index in [1.54, 1.807) is 0 Å². The van der Waals surface area contributed by atoms with Crippen LogP contribution in [-0.4, -0.2) is 68.2 Å². The lowest BCUT2D eigenvalue weighted by Gasteiger charge is -2.38. The summed E-state index contributed by atoms with van der Waals surface area (Å²) in [5.41, 5.74) is 1.89. The van der Waals surface area contributed by atoms with E-state index >= 15 is 0 Å². The second-order valence-electron chi connectivity index (χ2n) is 9.42. The van der Waals surface area contributed by atoms with Crippen molar-refractivity contribution < 1.29 is 4.79 Å². The molecule has 0 aromatic carbocycles. The highest BCUT2D eigenvalue weighted by molar-refractivity contribution is 5.76. The molecule has 0 bridgehead atoms. The van der Waals surface area contributed by atoms with Crippen molar-refractivity contribution in [1.29, 1.82) is 0 Å². The predicted octanol–water partition coefficient (Wildman–Crippen LogP) is 2.61. The van der Waals surface area contributed by atoms with E-state index in [0.29, 0.717) is 24.3 Å². The monoisotopic (exact) mass is 384 g/mol. The van der Waals surface area contributed by atoms with Crippen LogP contribution in [0.15, 0.2) is 12.1 Å². The third kappa shape index (κ3) is 3.77. The van der Waals surface area contributed by atoms with Gasteiger partial charge in [-0.1, -0.05) is 20.8 Å². The maximum absolute atomic E-state index is 12.0. The van der Waals surface area contributed by atoms with Gasteiger partial charge in [0, 0.05) is 37.4 Å².